The van der Waals surface area contributed by atoms with Gasteiger partial charge in [0.05, 0.1) is 11.9 Å². The Hall–Kier alpha value is 0.600. The molecule has 0 heterocycles. The van der Waals surface area contributed by atoms with Gasteiger partial charge in [0, 0.05) is 0 Å². The maximum atomic E-state index is 7.85. The Labute approximate surface area is 35.8 Å². The number of hydrogen-bond donors (Lipinski definition) is 2. The zero-order valence-corrected chi connectivity index (χ0v) is 3.91. The minimum atomic E-state index is -1.83. The second kappa shape index (κ2) is 2.82. The molecule has 0 fully saturated rings. The summed E-state index contributed by atoms with van der Waals surface area (Å²) >= 11 is 4.49. The first-order valence-corrected chi connectivity index (χ1v) is 2.39. The highest BCUT2D eigenvalue weighted by molar-refractivity contribution is 7.44. The second-order valence-electron chi connectivity index (χ2n) is 0.372. The van der Waals surface area contributed by atoms with Crippen LogP contribution in [-0.4, -0.2) is 4.89 Å². The van der Waals surface area contributed by atoms with Crippen LogP contribution in [-0.2, 0) is 4.08 Å². The summed E-state index contributed by atoms with van der Waals surface area (Å²) in [5.41, 5.74) is 4.56. The zero-order chi connectivity index (χ0) is 4.28. The van der Waals surface area contributed by atoms with E-state index in [-0.39, 0.29) is 0 Å². The molecule has 0 saturated heterocycles. The lowest BCUT2D eigenvalue weighted by Crippen LogP contribution is -1.81. The normalized spacial score (nSPS) is 15.0. The molecule has 0 saturated carbocycles. The van der Waals surface area contributed by atoms with Gasteiger partial charge in [0.1, 0.15) is 0 Å². The number of nitrogens with two attached hydrogens (primary N) is 1. The molecule has 1 atom stereocenters. The fraction of sp³-hybridized carbons (Fsp3) is 0. The Morgan fingerprint density at radius 3 is 2.20 bits per heavy atom. The van der Waals surface area contributed by atoms with Crippen LogP contribution >= 0.6 is 20.4 Å². The molecule has 3 N–H and O–H groups in total. The third-order valence-electron chi connectivity index (χ3n) is 0.0707. The molecule has 3 nitrogen and oxygen atoms in total. The summed E-state index contributed by atoms with van der Waals surface area (Å²) in [6, 6.07) is 0. The quantitative estimate of drug-likeness (QED) is 0.485. The molecule has 0 spiro atoms. The molecule has 0 aromatic rings. The molecule has 0 amide bonds. The SMILES string of the molecule is NP(O)OCl. The van der Waals surface area contributed by atoms with Crippen LogP contribution in [0.1, 0.15) is 0 Å². The van der Waals surface area contributed by atoms with Crippen LogP contribution in [0.2, 0.25) is 0 Å². The molecule has 0 bridgehead atoms. The van der Waals surface area contributed by atoms with Crippen LogP contribution in [0.4, 0.5) is 0 Å². The smallest absolute Gasteiger partial charge is 0.268 e. The van der Waals surface area contributed by atoms with Gasteiger partial charge in [0.15, 0.2) is 0 Å². The molecule has 32 valence electrons. The first kappa shape index (κ1) is 5.60. The minimum absolute atomic E-state index is 1.83. The molecule has 0 radical (unpaired) electrons. The standard InChI is InChI=1S/ClH3NO2P/c1-4-5(2)3/h3H,2H2. The molecule has 0 aliphatic heterocycles. The third-order valence-corrected chi connectivity index (χ3v) is 0.636. The topological polar surface area (TPSA) is 55.5 Å². The lowest BCUT2D eigenvalue weighted by atomic mass is 13.9. The third kappa shape index (κ3) is 4.60. The maximum absolute atomic E-state index is 7.85. The molecule has 0 rings (SSSR count). The van der Waals surface area contributed by atoms with Crippen LogP contribution in [0, 0.1) is 0 Å². The molecular weight excluding hydrogens is 112 g/mol. The van der Waals surface area contributed by atoms with Crippen molar-refractivity contribution >= 4 is 20.4 Å². The van der Waals surface area contributed by atoms with E-state index in [1.807, 2.05) is 0 Å². The van der Waals surface area contributed by atoms with Crippen LogP contribution in [0.3, 0.4) is 0 Å². The van der Waals surface area contributed by atoms with Gasteiger partial charge in [-0.1, -0.05) is 0 Å². The summed E-state index contributed by atoms with van der Waals surface area (Å²) in [7, 11) is -1.83. The Balaban J connectivity index is 2.54. The second-order valence-corrected chi connectivity index (χ2v) is 1.53. The molecule has 5 heavy (non-hydrogen) atoms. The van der Waals surface area contributed by atoms with Crippen molar-refractivity contribution in [2.75, 3.05) is 0 Å². The fourth-order valence-corrected chi connectivity index (χ4v) is 0. The highest BCUT2D eigenvalue weighted by Crippen LogP contribution is 2.20. The van der Waals surface area contributed by atoms with E-state index in [2.05, 4.69) is 21.4 Å². The van der Waals surface area contributed by atoms with Crippen molar-refractivity contribution in [1.29, 1.82) is 0 Å². The molecule has 0 aliphatic carbocycles. The maximum Gasteiger partial charge on any atom is 0.268 e. The van der Waals surface area contributed by atoms with Crippen molar-refractivity contribution in [1.82, 2.24) is 0 Å². The van der Waals surface area contributed by atoms with Gasteiger partial charge in [-0.15, -0.1) is 0 Å². The lowest BCUT2D eigenvalue weighted by Gasteiger charge is -1.87. The zero-order valence-electron chi connectivity index (χ0n) is 2.26. The molecule has 0 aromatic carbocycles. The van der Waals surface area contributed by atoms with Crippen molar-refractivity contribution in [2.45, 2.75) is 0 Å². The van der Waals surface area contributed by atoms with Crippen molar-refractivity contribution in [3.63, 3.8) is 0 Å². The van der Waals surface area contributed by atoms with E-state index in [9.17, 15) is 0 Å². The fourth-order valence-electron chi connectivity index (χ4n) is 0. The van der Waals surface area contributed by atoms with Gasteiger partial charge in [-0.2, -0.15) is 0 Å². The summed E-state index contributed by atoms with van der Waals surface area (Å²) in [6.45, 7) is 0. The summed E-state index contributed by atoms with van der Waals surface area (Å²) < 4.78 is 3.62. The van der Waals surface area contributed by atoms with Gasteiger partial charge in [-0.05, 0) is 0 Å². The molecule has 1 unspecified atom stereocenters. The molecule has 0 aliphatic rings. The Morgan fingerprint density at radius 2 is 2.20 bits per heavy atom. The van der Waals surface area contributed by atoms with E-state index in [0.29, 0.717) is 0 Å². The average Bonchev–Trinajstić information content (AvgIpc) is 1.38. The van der Waals surface area contributed by atoms with E-state index in [0.717, 1.165) is 0 Å². The van der Waals surface area contributed by atoms with Crippen LogP contribution in [0.15, 0.2) is 0 Å². The predicted octanol–water partition coefficient (Wildman–Crippen LogP) is 0.335. The summed E-state index contributed by atoms with van der Waals surface area (Å²) in [5.74, 6) is 0. The molecular formula is H3ClNO2P. The number of hydrogen-bond acceptors (Lipinski definition) is 3. The highest BCUT2D eigenvalue weighted by Gasteiger charge is 1.86. The summed E-state index contributed by atoms with van der Waals surface area (Å²) in [4.78, 5) is 7.85. The van der Waals surface area contributed by atoms with Crippen molar-refractivity contribution in [3.05, 3.63) is 0 Å². The molecule has 0 aromatic heterocycles. The first-order chi connectivity index (χ1) is 2.27. The van der Waals surface area contributed by atoms with E-state index >= 15 is 0 Å². The van der Waals surface area contributed by atoms with E-state index in [4.69, 9.17) is 4.89 Å². The number of rotatable bonds is 1. The molecule has 5 heteroatoms. The lowest BCUT2D eigenvalue weighted by molar-refractivity contribution is 0.515. The van der Waals surface area contributed by atoms with Gasteiger partial charge >= 0.3 is 0 Å². The van der Waals surface area contributed by atoms with Crippen molar-refractivity contribution in [3.8, 4) is 0 Å². The summed E-state index contributed by atoms with van der Waals surface area (Å²) in [5, 5.41) is 0. The number of halogens is 1. The predicted molar refractivity (Wildman–Crippen MR) is 20.3 cm³/mol. The monoisotopic (exact) mass is 115 g/mol. The van der Waals surface area contributed by atoms with Gasteiger partial charge in [0.25, 0.3) is 8.53 Å². The van der Waals surface area contributed by atoms with Gasteiger partial charge < -0.3 is 4.89 Å². The van der Waals surface area contributed by atoms with Crippen LogP contribution in [0.25, 0.3) is 0 Å². The summed E-state index contributed by atoms with van der Waals surface area (Å²) in [6.07, 6.45) is 0. The van der Waals surface area contributed by atoms with Gasteiger partial charge in [0.2, 0.25) is 0 Å². The van der Waals surface area contributed by atoms with Crippen LogP contribution < -0.4 is 5.50 Å². The van der Waals surface area contributed by atoms with E-state index < -0.39 is 8.53 Å². The van der Waals surface area contributed by atoms with Gasteiger partial charge in [-0.25, -0.2) is 4.08 Å². The van der Waals surface area contributed by atoms with Gasteiger partial charge in [-0.3, -0.25) is 5.50 Å². The Morgan fingerprint density at radius 1 is 2.00 bits per heavy atom. The Kier molecular flexibility index (Phi) is 3.16. The highest BCUT2D eigenvalue weighted by atomic mass is 35.5. The van der Waals surface area contributed by atoms with Crippen molar-refractivity contribution < 1.29 is 8.97 Å². The largest absolute Gasteiger partial charge is 0.337 e. The average molecular weight is 115 g/mol. The minimum Gasteiger partial charge on any atom is -0.337 e. The van der Waals surface area contributed by atoms with Crippen molar-refractivity contribution in [2.24, 2.45) is 5.50 Å². The van der Waals surface area contributed by atoms with E-state index in [1.54, 1.807) is 0 Å². The Bertz CT molecular complexity index is 23.6. The van der Waals surface area contributed by atoms with Crippen LogP contribution in [0.5, 0.6) is 0 Å². The first-order valence-electron chi connectivity index (χ1n) is 0.795. The van der Waals surface area contributed by atoms with E-state index in [1.165, 1.54) is 0 Å².